The molecule has 0 unspecified atom stereocenters. The Morgan fingerprint density at radius 1 is 0.804 bits per heavy atom. The van der Waals surface area contributed by atoms with E-state index in [0.717, 1.165) is 48.1 Å². The van der Waals surface area contributed by atoms with Gasteiger partial charge in [-0.05, 0) is 31.7 Å². The molecule has 4 aromatic heterocycles. The largest absolute Gasteiger partial charge is 0.476 e. The van der Waals surface area contributed by atoms with Gasteiger partial charge in [0.15, 0.2) is 22.9 Å². The molecule has 4 heterocycles. The third kappa shape index (κ3) is 8.83. The number of amides is 1. The van der Waals surface area contributed by atoms with Crippen LogP contribution >= 0.6 is 0 Å². The Morgan fingerprint density at radius 3 is 1.90 bits per heavy atom. The van der Waals surface area contributed by atoms with Gasteiger partial charge in [0, 0.05) is 53.3 Å². The molecule has 0 radical (unpaired) electrons. The summed E-state index contributed by atoms with van der Waals surface area (Å²) in [7, 11) is 0. The highest BCUT2D eigenvalue weighted by atomic mass is 16.5. The minimum Gasteiger partial charge on any atom is -0.476 e. The molecule has 6 aromatic rings. The van der Waals surface area contributed by atoms with Crippen molar-refractivity contribution in [2.45, 2.75) is 63.1 Å². The lowest BCUT2D eigenvalue weighted by atomic mass is 9.87. The number of aromatic carboxylic acids is 1. The molecule has 2 fully saturated rings. The molecule has 6 N–H and O–H groups in total. The first-order chi connectivity index (χ1) is 24.8. The molecule has 0 spiro atoms. The van der Waals surface area contributed by atoms with Crippen molar-refractivity contribution in [2.24, 2.45) is 5.73 Å². The Morgan fingerprint density at radius 2 is 1.39 bits per heavy atom. The number of nitrogens with one attached hydrogen (secondary N) is 1. The number of nitrogens with two attached hydrogens (primary N) is 1. The number of aromatic nitrogens is 6. The molecule has 15 heteroatoms. The average molecular weight is 695 g/mol. The van der Waals surface area contributed by atoms with Crippen molar-refractivity contribution in [3.63, 3.8) is 0 Å². The molecular formula is C36H38N8O7. The molecule has 2 aromatic carbocycles. The number of hydrogen-bond acceptors (Lipinski definition) is 11. The summed E-state index contributed by atoms with van der Waals surface area (Å²) in [6, 6.07) is 24.8. The number of carboxylic acids is 1. The zero-order chi connectivity index (χ0) is 35.7. The molecule has 1 amide bonds. The maximum atomic E-state index is 12.3. The third-order valence-electron chi connectivity index (χ3n) is 8.60. The summed E-state index contributed by atoms with van der Waals surface area (Å²) in [6.45, 7) is 0.00850. The Balaban J connectivity index is 0.000000145. The van der Waals surface area contributed by atoms with Crippen molar-refractivity contribution in [3.8, 4) is 22.6 Å². The molecule has 0 bridgehead atoms. The summed E-state index contributed by atoms with van der Waals surface area (Å²) < 4.78 is 13.9. The van der Waals surface area contributed by atoms with Crippen LogP contribution in [0.4, 0.5) is 0 Å². The van der Waals surface area contributed by atoms with E-state index >= 15 is 0 Å². The smallest absolute Gasteiger partial charge is 0.358 e. The Hall–Kier alpha value is -5.90. The lowest BCUT2D eigenvalue weighted by Gasteiger charge is -2.35. The van der Waals surface area contributed by atoms with Gasteiger partial charge < -0.3 is 35.4 Å². The van der Waals surface area contributed by atoms with Crippen molar-refractivity contribution in [2.75, 3.05) is 0 Å². The van der Waals surface area contributed by atoms with E-state index in [1.807, 2.05) is 88.5 Å². The summed E-state index contributed by atoms with van der Waals surface area (Å²) in [5, 5.41) is 45.2. The van der Waals surface area contributed by atoms with Crippen molar-refractivity contribution in [3.05, 3.63) is 120 Å². The van der Waals surface area contributed by atoms with Crippen LogP contribution < -0.4 is 11.1 Å². The first-order valence-corrected chi connectivity index (χ1v) is 16.4. The van der Waals surface area contributed by atoms with Crippen LogP contribution in [0.1, 0.15) is 70.0 Å². The van der Waals surface area contributed by atoms with Crippen LogP contribution in [-0.4, -0.2) is 69.2 Å². The average Bonchev–Trinajstić information content (AvgIpc) is 3.96. The van der Waals surface area contributed by atoms with Gasteiger partial charge in [0.05, 0.1) is 37.2 Å². The molecule has 0 atom stereocenters. The van der Waals surface area contributed by atoms with Crippen LogP contribution in [0.3, 0.4) is 0 Å². The van der Waals surface area contributed by atoms with Gasteiger partial charge in [-0.15, -0.1) is 0 Å². The predicted molar refractivity (Wildman–Crippen MR) is 183 cm³/mol. The number of rotatable bonds is 9. The molecule has 51 heavy (non-hydrogen) atoms. The minimum atomic E-state index is -1.09. The first-order valence-electron chi connectivity index (χ1n) is 16.4. The van der Waals surface area contributed by atoms with Crippen molar-refractivity contribution >= 4 is 11.9 Å². The van der Waals surface area contributed by atoms with E-state index in [4.69, 9.17) is 30.1 Å². The number of hydrogen-bond donors (Lipinski definition) is 5. The fourth-order valence-electron chi connectivity index (χ4n) is 5.59. The number of aliphatic hydroxyl groups excluding tert-OH is 2. The predicted octanol–water partition coefficient (Wildman–Crippen LogP) is 4.24. The van der Waals surface area contributed by atoms with Crippen molar-refractivity contribution < 1.29 is 34.0 Å². The van der Waals surface area contributed by atoms with E-state index in [9.17, 15) is 9.59 Å². The lowest BCUT2D eigenvalue weighted by molar-refractivity contribution is 0.0685. The second-order valence-electron chi connectivity index (χ2n) is 12.3. The number of carboxylic acid groups (broad SMARTS) is 1. The van der Waals surface area contributed by atoms with E-state index in [-0.39, 0.29) is 42.6 Å². The van der Waals surface area contributed by atoms with E-state index in [1.54, 1.807) is 12.3 Å². The standard InChI is InChI=1S/C18H18N4O3.C10H7NO3.C8H13N3O/c23-11-12-9-19-22(10-12)15-6-14(7-15)20-18(24)16-8-17(25-21-16)13-4-2-1-3-5-13;12-10(13)8-6-9(14-11-8)7-4-2-1-3-5-7;9-6-3-8(4-6)11-2-1-7(5-12)10-11/h1-5,8-10,14-15,23H,6-7,11H2,(H,20,24);1-6H,(H,12,13);1-2,6,8,12H,3-5,9H2. The topological polar surface area (TPSA) is 221 Å². The summed E-state index contributed by atoms with van der Waals surface area (Å²) in [5.74, 6) is -0.282. The molecule has 0 aliphatic heterocycles. The highest BCUT2D eigenvalue weighted by Gasteiger charge is 2.33. The Kier molecular flexibility index (Phi) is 11.1. The van der Waals surface area contributed by atoms with Crippen LogP contribution in [0.5, 0.6) is 0 Å². The molecule has 15 nitrogen and oxygen atoms in total. The van der Waals surface area contributed by atoms with E-state index < -0.39 is 5.97 Å². The SMILES string of the molecule is NC1CC(n2ccc(CO)n2)C1.O=C(NC1CC(n2cc(CO)cn2)C1)c1cc(-c2ccccc2)on1.O=C(O)c1cc(-c2ccccc2)on1. The van der Waals surface area contributed by atoms with Gasteiger partial charge in [0.25, 0.3) is 5.91 Å². The van der Waals surface area contributed by atoms with Crippen LogP contribution in [0.15, 0.2) is 106 Å². The summed E-state index contributed by atoms with van der Waals surface area (Å²) in [6.07, 6.45) is 9.03. The molecule has 2 aliphatic carbocycles. The van der Waals surface area contributed by atoms with Gasteiger partial charge in [0.2, 0.25) is 0 Å². The second-order valence-corrected chi connectivity index (χ2v) is 12.3. The molecule has 2 saturated carbocycles. The van der Waals surface area contributed by atoms with E-state index in [2.05, 4.69) is 25.8 Å². The van der Waals surface area contributed by atoms with Crippen LogP contribution in [-0.2, 0) is 13.2 Å². The number of nitrogens with zero attached hydrogens (tertiary/aromatic N) is 6. The van der Waals surface area contributed by atoms with Crippen molar-refractivity contribution in [1.29, 1.82) is 0 Å². The first kappa shape index (κ1) is 34.9. The molecular weight excluding hydrogens is 656 g/mol. The van der Waals surface area contributed by atoms with Gasteiger partial charge in [-0.25, -0.2) is 4.79 Å². The van der Waals surface area contributed by atoms with Crippen LogP contribution in [0.2, 0.25) is 0 Å². The van der Waals surface area contributed by atoms with Crippen LogP contribution in [0.25, 0.3) is 22.6 Å². The number of aliphatic hydroxyl groups is 2. The van der Waals surface area contributed by atoms with E-state index in [0.29, 0.717) is 23.6 Å². The quantitative estimate of drug-likeness (QED) is 0.143. The number of carbonyl (C=O) groups is 2. The highest BCUT2D eigenvalue weighted by molar-refractivity contribution is 5.93. The highest BCUT2D eigenvalue weighted by Crippen LogP contribution is 2.32. The number of benzene rings is 2. The monoisotopic (exact) mass is 694 g/mol. The summed E-state index contributed by atoms with van der Waals surface area (Å²) in [4.78, 5) is 22.8. The fourth-order valence-corrected chi connectivity index (χ4v) is 5.59. The Bertz CT molecular complexity index is 2010. The normalized spacial score (nSPS) is 19.0. The zero-order valence-electron chi connectivity index (χ0n) is 27.5. The lowest BCUT2D eigenvalue weighted by Crippen LogP contribution is -2.45. The van der Waals surface area contributed by atoms with Gasteiger partial charge in [-0.3, -0.25) is 14.2 Å². The maximum absolute atomic E-state index is 12.3. The van der Waals surface area contributed by atoms with Crippen LogP contribution in [0, 0.1) is 0 Å². The maximum Gasteiger partial charge on any atom is 0.358 e. The number of carbonyl (C=O) groups excluding carboxylic acids is 1. The molecule has 0 saturated heterocycles. The zero-order valence-corrected chi connectivity index (χ0v) is 27.5. The van der Waals surface area contributed by atoms with Gasteiger partial charge in [0.1, 0.15) is 0 Å². The molecule has 2 aliphatic rings. The summed E-state index contributed by atoms with van der Waals surface area (Å²) in [5.41, 5.74) is 9.08. The fraction of sp³-hybridized carbons (Fsp3) is 0.278. The molecule has 8 rings (SSSR count). The Labute approximate surface area is 292 Å². The van der Waals surface area contributed by atoms with Gasteiger partial charge in [-0.1, -0.05) is 71.0 Å². The van der Waals surface area contributed by atoms with E-state index in [1.165, 1.54) is 6.07 Å². The third-order valence-corrected chi connectivity index (χ3v) is 8.60. The second kappa shape index (κ2) is 16.2. The molecule has 264 valence electrons. The van der Waals surface area contributed by atoms with Gasteiger partial charge in [-0.2, -0.15) is 10.2 Å². The summed E-state index contributed by atoms with van der Waals surface area (Å²) >= 11 is 0. The van der Waals surface area contributed by atoms with Crippen molar-refractivity contribution in [1.82, 2.24) is 35.2 Å². The van der Waals surface area contributed by atoms with Gasteiger partial charge >= 0.3 is 5.97 Å². The minimum absolute atomic E-state index is 0.0111.